The molecule has 0 aromatic heterocycles. The predicted molar refractivity (Wildman–Crippen MR) is 63.6 cm³/mol. The summed E-state index contributed by atoms with van der Waals surface area (Å²) < 4.78 is 0. The second kappa shape index (κ2) is 5.33. The van der Waals surface area contributed by atoms with Gasteiger partial charge in [0.25, 0.3) is 0 Å². The van der Waals surface area contributed by atoms with Gasteiger partial charge in [0.15, 0.2) is 5.78 Å². The Morgan fingerprint density at radius 2 is 1.80 bits per heavy atom. The van der Waals surface area contributed by atoms with Crippen LogP contribution in [0.3, 0.4) is 0 Å². The quantitative estimate of drug-likeness (QED) is 0.500. The average Bonchev–Trinajstić information content (AvgIpc) is 2.27. The molecule has 0 bridgehead atoms. The largest absolute Gasteiger partial charge is 0.293 e. The molecule has 2 atom stereocenters. The molecule has 0 aliphatic heterocycles. The van der Waals surface area contributed by atoms with Gasteiger partial charge in [0, 0.05) is 11.5 Å². The molecule has 0 amide bonds. The van der Waals surface area contributed by atoms with Crippen LogP contribution in [-0.4, -0.2) is 16.3 Å². The van der Waals surface area contributed by atoms with Gasteiger partial charge in [-0.2, -0.15) is 12.6 Å². The number of benzene rings is 1. The highest BCUT2D eigenvalue weighted by Crippen LogP contribution is 2.18. The van der Waals surface area contributed by atoms with E-state index in [0.717, 1.165) is 0 Å². The molecule has 1 rings (SSSR count). The Hall–Kier alpha value is -0.800. The number of hydrogen-bond donors (Lipinski definition) is 1. The fourth-order valence-corrected chi connectivity index (χ4v) is 1.62. The van der Waals surface area contributed by atoms with E-state index in [1.54, 1.807) is 31.2 Å². The van der Waals surface area contributed by atoms with Gasteiger partial charge in [-0.05, 0) is 11.6 Å². The molecule has 0 saturated heterocycles. The molecule has 1 aromatic rings. The molecule has 4 heteroatoms. The van der Waals surface area contributed by atoms with E-state index in [4.69, 9.17) is 11.6 Å². The lowest BCUT2D eigenvalue weighted by atomic mass is 10.00. The van der Waals surface area contributed by atoms with Crippen LogP contribution in [0.4, 0.5) is 0 Å². The zero-order valence-corrected chi connectivity index (χ0v) is 9.83. The van der Waals surface area contributed by atoms with Crippen molar-refractivity contribution in [2.75, 3.05) is 0 Å². The maximum atomic E-state index is 11.8. The molecule has 0 radical (unpaired) electrons. The van der Waals surface area contributed by atoms with Crippen molar-refractivity contribution in [3.8, 4) is 0 Å². The van der Waals surface area contributed by atoms with Gasteiger partial charge in [-0.1, -0.05) is 37.3 Å². The van der Waals surface area contributed by atoms with Crippen LogP contribution in [0.15, 0.2) is 30.3 Å². The minimum absolute atomic E-state index is 0.180. The van der Waals surface area contributed by atoms with Crippen LogP contribution in [0.25, 0.3) is 0 Å². The van der Waals surface area contributed by atoms with E-state index in [1.165, 1.54) is 0 Å². The van der Waals surface area contributed by atoms with Crippen molar-refractivity contribution in [2.24, 2.45) is 5.92 Å². The number of ketones is 1. The van der Waals surface area contributed by atoms with Crippen LogP contribution in [0.5, 0.6) is 0 Å². The predicted octanol–water partition coefficient (Wildman–Crippen LogP) is 2.57. The number of carbonyl (C=O) groups excluding carboxylic acids is 2. The first-order valence-corrected chi connectivity index (χ1v) is 5.40. The molecular formula is C11H11ClO2S. The maximum Gasteiger partial charge on any atom is 0.226 e. The molecule has 0 spiro atoms. The van der Waals surface area contributed by atoms with E-state index >= 15 is 0 Å². The van der Waals surface area contributed by atoms with Gasteiger partial charge in [-0.25, -0.2) is 0 Å². The summed E-state index contributed by atoms with van der Waals surface area (Å²) >= 11 is 9.43. The zero-order chi connectivity index (χ0) is 11.4. The van der Waals surface area contributed by atoms with E-state index < -0.39 is 16.4 Å². The summed E-state index contributed by atoms with van der Waals surface area (Å²) in [5.74, 6) is -0.761. The Balaban J connectivity index is 2.82. The van der Waals surface area contributed by atoms with E-state index in [9.17, 15) is 9.59 Å². The molecule has 0 heterocycles. The van der Waals surface area contributed by atoms with Gasteiger partial charge in [0.1, 0.15) is 0 Å². The van der Waals surface area contributed by atoms with Crippen LogP contribution in [-0.2, 0) is 4.79 Å². The minimum Gasteiger partial charge on any atom is -0.293 e. The van der Waals surface area contributed by atoms with Gasteiger partial charge >= 0.3 is 0 Å². The second-order valence-corrected chi connectivity index (χ2v) is 4.20. The van der Waals surface area contributed by atoms with E-state index in [2.05, 4.69) is 12.6 Å². The van der Waals surface area contributed by atoms with Gasteiger partial charge < -0.3 is 0 Å². The number of Topliss-reactive ketones (excluding diaryl/α,β-unsaturated/α-hetero) is 1. The number of halogens is 1. The minimum atomic E-state index is -0.683. The Bertz CT molecular complexity index is 364. The highest BCUT2D eigenvalue weighted by atomic mass is 35.5. The van der Waals surface area contributed by atoms with Gasteiger partial charge in [0.2, 0.25) is 5.24 Å². The molecule has 1 aromatic carbocycles. The fraction of sp³-hybridized carbons (Fsp3) is 0.273. The van der Waals surface area contributed by atoms with Crippen LogP contribution < -0.4 is 0 Å². The Morgan fingerprint density at radius 3 is 2.27 bits per heavy atom. The first-order valence-electron chi connectivity index (χ1n) is 4.50. The lowest BCUT2D eigenvalue weighted by molar-refractivity contribution is -0.114. The first-order chi connectivity index (χ1) is 7.04. The number of thiol groups is 1. The number of carbonyl (C=O) groups is 2. The smallest absolute Gasteiger partial charge is 0.226 e. The molecule has 0 fully saturated rings. The molecule has 0 N–H and O–H groups in total. The average molecular weight is 243 g/mol. The van der Waals surface area contributed by atoms with Crippen molar-refractivity contribution in [1.29, 1.82) is 0 Å². The molecule has 0 aliphatic rings. The Labute approximate surface area is 99.0 Å². The third-order valence-corrected chi connectivity index (χ3v) is 3.18. The standard InChI is InChI=1S/C11H11ClO2S/c1-7(11(12)14)10(15)9(13)8-5-3-2-4-6-8/h2-7,10,15H,1H3/t7?,10-/m0/s1. The summed E-state index contributed by atoms with van der Waals surface area (Å²) in [6.07, 6.45) is 0. The normalized spacial score (nSPS) is 14.3. The summed E-state index contributed by atoms with van der Waals surface area (Å²) in [6, 6.07) is 8.73. The van der Waals surface area contributed by atoms with Crippen molar-refractivity contribution in [3.63, 3.8) is 0 Å². The molecule has 80 valence electrons. The second-order valence-electron chi connectivity index (χ2n) is 3.27. The van der Waals surface area contributed by atoms with Crippen molar-refractivity contribution in [1.82, 2.24) is 0 Å². The number of rotatable bonds is 4. The lowest BCUT2D eigenvalue weighted by Gasteiger charge is -2.13. The van der Waals surface area contributed by atoms with Gasteiger partial charge in [-0.15, -0.1) is 0 Å². The SMILES string of the molecule is CC(C(=O)Cl)[C@H](S)C(=O)c1ccccc1. The highest BCUT2D eigenvalue weighted by Gasteiger charge is 2.26. The van der Waals surface area contributed by atoms with Crippen molar-refractivity contribution >= 4 is 35.3 Å². The zero-order valence-electron chi connectivity index (χ0n) is 8.18. The van der Waals surface area contributed by atoms with Crippen LogP contribution in [0.2, 0.25) is 0 Å². The molecule has 15 heavy (non-hydrogen) atoms. The first kappa shape index (κ1) is 12.3. The third kappa shape index (κ3) is 3.08. The lowest BCUT2D eigenvalue weighted by Crippen LogP contribution is -2.26. The molecule has 0 aliphatic carbocycles. The fourth-order valence-electron chi connectivity index (χ4n) is 1.12. The van der Waals surface area contributed by atoms with Gasteiger partial charge in [-0.3, -0.25) is 9.59 Å². The monoisotopic (exact) mass is 242 g/mol. The summed E-state index contributed by atoms with van der Waals surface area (Å²) in [6.45, 7) is 1.59. The summed E-state index contributed by atoms with van der Waals surface area (Å²) in [5, 5.41) is -1.23. The molecule has 1 unspecified atom stereocenters. The van der Waals surface area contributed by atoms with E-state index in [0.29, 0.717) is 5.56 Å². The third-order valence-electron chi connectivity index (χ3n) is 2.16. The van der Waals surface area contributed by atoms with Crippen LogP contribution >= 0.6 is 24.2 Å². The summed E-state index contributed by atoms with van der Waals surface area (Å²) in [5.41, 5.74) is 0.544. The van der Waals surface area contributed by atoms with Crippen molar-refractivity contribution in [3.05, 3.63) is 35.9 Å². The van der Waals surface area contributed by atoms with Crippen molar-refractivity contribution < 1.29 is 9.59 Å². The van der Waals surface area contributed by atoms with E-state index in [-0.39, 0.29) is 5.78 Å². The highest BCUT2D eigenvalue weighted by molar-refractivity contribution is 7.82. The topological polar surface area (TPSA) is 34.1 Å². The van der Waals surface area contributed by atoms with Crippen molar-refractivity contribution in [2.45, 2.75) is 12.2 Å². The van der Waals surface area contributed by atoms with Crippen LogP contribution in [0, 0.1) is 5.92 Å². The summed E-state index contributed by atoms with van der Waals surface area (Å²) in [4.78, 5) is 22.7. The maximum absolute atomic E-state index is 11.8. The molecule has 2 nitrogen and oxygen atoms in total. The van der Waals surface area contributed by atoms with E-state index in [1.807, 2.05) is 6.07 Å². The van der Waals surface area contributed by atoms with Crippen LogP contribution in [0.1, 0.15) is 17.3 Å². The van der Waals surface area contributed by atoms with Gasteiger partial charge in [0.05, 0.1) is 5.25 Å². The molecular weight excluding hydrogens is 232 g/mol. The molecule has 0 saturated carbocycles. The summed E-state index contributed by atoms with van der Waals surface area (Å²) in [7, 11) is 0. The Kier molecular flexibility index (Phi) is 4.36. The number of hydrogen-bond acceptors (Lipinski definition) is 3. The Morgan fingerprint density at radius 1 is 1.27 bits per heavy atom.